The molecule has 0 saturated heterocycles. The van der Waals surface area contributed by atoms with Crippen LogP contribution in [0.1, 0.15) is 17.0 Å². The number of hydrogen-bond acceptors (Lipinski definition) is 4. The molecule has 0 radical (unpaired) electrons. The first kappa shape index (κ1) is 9.35. The maximum atomic E-state index is 5.95. The number of nitrogens with two attached hydrogens (primary N) is 1. The molecule has 5 heteroatoms. The molecule has 0 fully saturated rings. The molecule has 3 N–H and O–H groups in total. The first-order chi connectivity index (χ1) is 7.83. The van der Waals surface area contributed by atoms with Crippen LogP contribution in [0.25, 0.3) is 0 Å². The van der Waals surface area contributed by atoms with E-state index in [0.717, 1.165) is 31.1 Å². The van der Waals surface area contributed by atoms with Gasteiger partial charge in [0, 0.05) is 18.8 Å². The molecule has 1 aromatic carbocycles. The van der Waals surface area contributed by atoms with Crippen molar-refractivity contribution in [3.05, 3.63) is 41.5 Å². The second-order valence-electron chi connectivity index (χ2n) is 4.06. The van der Waals surface area contributed by atoms with Gasteiger partial charge in [0.25, 0.3) is 0 Å². The van der Waals surface area contributed by atoms with Gasteiger partial charge in [-0.2, -0.15) is 5.10 Å². The largest absolute Gasteiger partial charge is 0.398 e. The lowest BCUT2D eigenvalue weighted by Crippen LogP contribution is -2.16. The Morgan fingerprint density at radius 1 is 1.38 bits per heavy atom. The highest BCUT2D eigenvalue weighted by molar-refractivity contribution is 5.52. The van der Waals surface area contributed by atoms with Crippen LogP contribution < -0.4 is 5.73 Å². The van der Waals surface area contributed by atoms with Crippen LogP contribution in [0.3, 0.4) is 0 Å². The second kappa shape index (κ2) is 3.61. The maximum absolute atomic E-state index is 5.95. The van der Waals surface area contributed by atoms with E-state index in [4.69, 9.17) is 5.73 Å². The molecule has 0 saturated carbocycles. The number of nitrogens with one attached hydrogen (secondary N) is 1. The van der Waals surface area contributed by atoms with Gasteiger partial charge < -0.3 is 5.73 Å². The SMILES string of the molecule is Nc1cccc2c1CN(Cc1ncn[nH]1)C2. The van der Waals surface area contributed by atoms with Crippen LogP contribution in [0.2, 0.25) is 0 Å². The highest BCUT2D eigenvalue weighted by Gasteiger charge is 2.21. The highest BCUT2D eigenvalue weighted by atomic mass is 15.2. The lowest BCUT2D eigenvalue weighted by molar-refractivity contribution is 0.269. The molecule has 0 amide bonds. The van der Waals surface area contributed by atoms with Gasteiger partial charge in [0.1, 0.15) is 12.2 Å². The predicted molar refractivity (Wildman–Crippen MR) is 60.2 cm³/mol. The number of rotatable bonds is 2. The van der Waals surface area contributed by atoms with Crippen molar-refractivity contribution >= 4 is 5.69 Å². The van der Waals surface area contributed by atoms with Crippen LogP contribution in [0.4, 0.5) is 5.69 Å². The van der Waals surface area contributed by atoms with Crippen LogP contribution in [0.15, 0.2) is 24.5 Å². The van der Waals surface area contributed by atoms with Crippen molar-refractivity contribution in [2.45, 2.75) is 19.6 Å². The summed E-state index contributed by atoms with van der Waals surface area (Å²) in [6.07, 6.45) is 1.53. The number of hydrogen-bond donors (Lipinski definition) is 2. The minimum absolute atomic E-state index is 0.786. The minimum atomic E-state index is 0.786. The van der Waals surface area contributed by atoms with Gasteiger partial charge in [0.2, 0.25) is 0 Å². The number of benzene rings is 1. The van der Waals surface area contributed by atoms with Gasteiger partial charge in [-0.05, 0) is 17.2 Å². The summed E-state index contributed by atoms with van der Waals surface area (Å²) < 4.78 is 0. The van der Waals surface area contributed by atoms with Crippen molar-refractivity contribution in [3.8, 4) is 0 Å². The fraction of sp³-hybridized carbons (Fsp3) is 0.273. The Bertz CT molecular complexity index is 491. The molecule has 5 nitrogen and oxygen atoms in total. The molecule has 0 spiro atoms. The molecule has 0 aliphatic carbocycles. The number of fused-ring (bicyclic) bond motifs is 1. The van der Waals surface area contributed by atoms with Gasteiger partial charge >= 0.3 is 0 Å². The van der Waals surface area contributed by atoms with Gasteiger partial charge in [-0.1, -0.05) is 12.1 Å². The standard InChI is InChI=1S/C11H13N5/c12-10-3-1-2-8-4-16(5-9(8)10)6-11-13-7-14-15-11/h1-3,7H,4-6,12H2,(H,13,14,15). The molecule has 82 valence electrons. The third-order valence-corrected chi connectivity index (χ3v) is 2.92. The Morgan fingerprint density at radius 3 is 3.06 bits per heavy atom. The summed E-state index contributed by atoms with van der Waals surface area (Å²) in [6.45, 7) is 2.61. The number of nitrogen functional groups attached to an aromatic ring is 1. The Morgan fingerprint density at radius 2 is 2.31 bits per heavy atom. The lowest BCUT2D eigenvalue weighted by Gasteiger charge is -2.11. The zero-order chi connectivity index (χ0) is 11.0. The molecule has 0 unspecified atom stereocenters. The zero-order valence-corrected chi connectivity index (χ0v) is 8.85. The fourth-order valence-electron chi connectivity index (χ4n) is 2.15. The lowest BCUT2D eigenvalue weighted by atomic mass is 10.1. The summed E-state index contributed by atoms with van der Waals surface area (Å²) in [4.78, 5) is 6.42. The Kier molecular flexibility index (Phi) is 2.11. The Hall–Kier alpha value is -1.88. The quantitative estimate of drug-likeness (QED) is 0.730. The number of H-pyrrole nitrogens is 1. The average Bonchev–Trinajstić information content (AvgIpc) is 2.88. The van der Waals surface area contributed by atoms with E-state index >= 15 is 0 Å². The van der Waals surface area contributed by atoms with E-state index in [2.05, 4.69) is 26.1 Å². The molecule has 16 heavy (non-hydrogen) atoms. The fourth-order valence-corrected chi connectivity index (χ4v) is 2.15. The number of nitrogens with zero attached hydrogens (tertiary/aromatic N) is 3. The zero-order valence-electron chi connectivity index (χ0n) is 8.85. The van der Waals surface area contributed by atoms with Gasteiger partial charge in [-0.15, -0.1) is 0 Å². The third-order valence-electron chi connectivity index (χ3n) is 2.92. The average molecular weight is 215 g/mol. The highest BCUT2D eigenvalue weighted by Crippen LogP contribution is 2.27. The molecule has 0 bridgehead atoms. The summed E-state index contributed by atoms with van der Waals surface area (Å²) in [5.41, 5.74) is 9.40. The summed E-state index contributed by atoms with van der Waals surface area (Å²) >= 11 is 0. The number of aromatic amines is 1. The molecule has 2 heterocycles. The smallest absolute Gasteiger partial charge is 0.138 e. The van der Waals surface area contributed by atoms with Crippen molar-refractivity contribution in [2.75, 3.05) is 5.73 Å². The van der Waals surface area contributed by atoms with Crippen LogP contribution in [-0.4, -0.2) is 20.1 Å². The van der Waals surface area contributed by atoms with E-state index < -0.39 is 0 Å². The maximum Gasteiger partial charge on any atom is 0.138 e. The predicted octanol–water partition coefficient (Wildman–Crippen LogP) is 0.903. The molecule has 1 aliphatic rings. The first-order valence-electron chi connectivity index (χ1n) is 5.26. The van der Waals surface area contributed by atoms with Crippen molar-refractivity contribution in [1.82, 2.24) is 20.1 Å². The number of aromatic nitrogens is 3. The van der Waals surface area contributed by atoms with Crippen molar-refractivity contribution in [2.24, 2.45) is 0 Å². The van der Waals surface area contributed by atoms with Crippen LogP contribution >= 0.6 is 0 Å². The summed E-state index contributed by atoms with van der Waals surface area (Å²) in [6, 6.07) is 6.09. The molecule has 1 aliphatic heterocycles. The van der Waals surface area contributed by atoms with Gasteiger partial charge in [-0.25, -0.2) is 4.98 Å². The number of anilines is 1. The van der Waals surface area contributed by atoms with E-state index in [9.17, 15) is 0 Å². The Labute approximate surface area is 93.3 Å². The second-order valence-corrected chi connectivity index (χ2v) is 4.06. The van der Waals surface area contributed by atoms with Crippen LogP contribution in [0, 0.1) is 0 Å². The topological polar surface area (TPSA) is 70.8 Å². The minimum Gasteiger partial charge on any atom is -0.398 e. The molecule has 1 aromatic heterocycles. The monoisotopic (exact) mass is 215 g/mol. The molecular weight excluding hydrogens is 202 g/mol. The third kappa shape index (κ3) is 1.55. The van der Waals surface area contributed by atoms with Crippen molar-refractivity contribution in [3.63, 3.8) is 0 Å². The Balaban J connectivity index is 1.78. The van der Waals surface area contributed by atoms with Crippen LogP contribution in [-0.2, 0) is 19.6 Å². The van der Waals surface area contributed by atoms with Crippen LogP contribution in [0.5, 0.6) is 0 Å². The van der Waals surface area contributed by atoms with E-state index in [1.54, 1.807) is 0 Å². The summed E-state index contributed by atoms with van der Waals surface area (Å²) in [7, 11) is 0. The van der Waals surface area contributed by atoms with E-state index in [1.807, 2.05) is 12.1 Å². The first-order valence-corrected chi connectivity index (χ1v) is 5.26. The van der Waals surface area contributed by atoms with Crippen molar-refractivity contribution < 1.29 is 0 Å². The van der Waals surface area contributed by atoms with Gasteiger partial charge in [0.05, 0.1) is 6.54 Å². The normalized spacial score (nSPS) is 15.2. The summed E-state index contributed by atoms with van der Waals surface area (Å²) in [5, 5.41) is 6.71. The van der Waals surface area contributed by atoms with E-state index in [1.165, 1.54) is 17.5 Å². The van der Waals surface area contributed by atoms with E-state index in [0.29, 0.717) is 0 Å². The molecular formula is C11H13N5. The van der Waals surface area contributed by atoms with Gasteiger partial charge in [-0.3, -0.25) is 10.00 Å². The molecule has 3 rings (SSSR count). The molecule has 0 atom stereocenters. The molecule has 2 aromatic rings. The summed E-state index contributed by atoms with van der Waals surface area (Å²) in [5.74, 6) is 0.895. The van der Waals surface area contributed by atoms with E-state index in [-0.39, 0.29) is 0 Å². The van der Waals surface area contributed by atoms with Gasteiger partial charge in [0.15, 0.2) is 0 Å². The van der Waals surface area contributed by atoms with Crippen molar-refractivity contribution in [1.29, 1.82) is 0 Å².